The molecule has 186 valence electrons. The predicted octanol–water partition coefficient (Wildman–Crippen LogP) is 8.01. The molecule has 2 aromatic carbocycles. The van der Waals surface area contributed by atoms with Crippen molar-refractivity contribution >= 4 is 5.57 Å². The molecule has 0 aliphatic rings. The van der Waals surface area contributed by atoms with Gasteiger partial charge in [0.25, 0.3) is 0 Å². The zero-order valence-corrected chi connectivity index (χ0v) is 22.5. The second-order valence-electron chi connectivity index (χ2n) is 7.80. The molecule has 0 aliphatic carbocycles. The van der Waals surface area contributed by atoms with Crippen molar-refractivity contribution in [1.29, 1.82) is 0 Å². The van der Waals surface area contributed by atoms with E-state index in [0.29, 0.717) is 0 Å². The van der Waals surface area contributed by atoms with Crippen LogP contribution in [0.1, 0.15) is 46.6 Å². The van der Waals surface area contributed by atoms with Crippen molar-refractivity contribution in [1.82, 2.24) is 15.0 Å². The Labute approximate surface area is 217 Å². The van der Waals surface area contributed by atoms with Crippen molar-refractivity contribution < 1.29 is 4.57 Å². The number of aromatic nitrogens is 4. The Morgan fingerprint density at radius 1 is 0.972 bits per heavy atom. The van der Waals surface area contributed by atoms with Gasteiger partial charge in [0.15, 0.2) is 6.20 Å². The van der Waals surface area contributed by atoms with E-state index in [2.05, 4.69) is 89.1 Å². The van der Waals surface area contributed by atoms with Gasteiger partial charge in [0.2, 0.25) is 5.69 Å². The van der Waals surface area contributed by atoms with Crippen molar-refractivity contribution in [2.75, 3.05) is 0 Å². The van der Waals surface area contributed by atoms with Crippen LogP contribution in [-0.4, -0.2) is 15.0 Å². The third-order valence-corrected chi connectivity index (χ3v) is 5.47. The van der Waals surface area contributed by atoms with Gasteiger partial charge in [-0.2, -0.15) is 0 Å². The highest BCUT2D eigenvalue weighted by atomic mass is 15.4. The van der Waals surface area contributed by atoms with Crippen LogP contribution in [0.15, 0.2) is 110 Å². The molecule has 0 saturated heterocycles. The summed E-state index contributed by atoms with van der Waals surface area (Å²) in [5, 5.41) is 8.71. The monoisotopic (exact) mass is 479 g/mol. The molecule has 0 atom stereocenters. The smallest absolute Gasteiger partial charge is 0.212 e. The maximum atomic E-state index is 4.37. The topological polar surface area (TPSA) is 34.6 Å². The first-order valence-electron chi connectivity index (χ1n) is 12.6. The van der Waals surface area contributed by atoms with Crippen LogP contribution >= 0.6 is 0 Å². The van der Waals surface area contributed by atoms with Crippen LogP contribution in [0.2, 0.25) is 0 Å². The molecule has 36 heavy (non-hydrogen) atoms. The molecule has 0 bridgehead atoms. The van der Waals surface area contributed by atoms with E-state index in [4.69, 9.17) is 0 Å². The molecule has 0 unspecified atom stereocenters. The highest BCUT2D eigenvalue weighted by molar-refractivity contribution is 5.75. The van der Waals surface area contributed by atoms with E-state index < -0.39 is 0 Å². The zero-order valence-electron chi connectivity index (χ0n) is 22.5. The lowest BCUT2D eigenvalue weighted by atomic mass is 10.0. The number of rotatable bonds is 6. The molecule has 0 saturated carbocycles. The minimum Gasteiger partial charge on any atom is -0.220 e. The average molecular weight is 480 g/mol. The van der Waals surface area contributed by atoms with E-state index in [9.17, 15) is 0 Å². The van der Waals surface area contributed by atoms with Crippen molar-refractivity contribution in [2.45, 2.75) is 41.0 Å². The van der Waals surface area contributed by atoms with Gasteiger partial charge in [0, 0.05) is 23.3 Å². The fourth-order valence-electron chi connectivity index (χ4n) is 3.62. The van der Waals surface area contributed by atoms with Gasteiger partial charge >= 0.3 is 0 Å². The minimum absolute atomic E-state index is 0.841. The predicted molar refractivity (Wildman–Crippen MR) is 154 cm³/mol. The number of hydrogen-bond acceptors (Lipinski definition) is 2. The van der Waals surface area contributed by atoms with Gasteiger partial charge in [-0.15, -0.1) is 5.10 Å². The summed E-state index contributed by atoms with van der Waals surface area (Å²) in [6, 6.07) is 22.8. The Hall–Kier alpha value is -4.05. The first-order chi connectivity index (χ1) is 17.6. The van der Waals surface area contributed by atoms with Gasteiger partial charge < -0.3 is 0 Å². The summed E-state index contributed by atoms with van der Waals surface area (Å²) in [6.07, 6.45) is 13.3. The Kier molecular flexibility index (Phi) is 11.8. The van der Waals surface area contributed by atoms with Gasteiger partial charge in [-0.05, 0) is 55.7 Å². The standard InChI is InChI=1S/C25H23N4.C5H10.C2H6/c1-4-19(5-2)20-12-14-21(15-13-20)24-18-29(27-26-24)23-10-8-9-22(17-23)25-11-6-7-16-28(25)3;1-3-5-4-2;1-2/h4-18H,1H2,2-3H3;3,5H,4H2,1-2H3;1-2H3/q+1;;/b19-5+;;. The van der Waals surface area contributed by atoms with E-state index in [0.717, 1.165) is 45.8 Å². The third kappa shape index (κ3) is 7.47. The first-order valence-corrected chi connectivity index (χ1v) is 12.6. The lowest BCUT2D eigenvalue weighted by Crippen LogP contribution is -2.29. The molecule has 4 rings (SSSR count). The second kappa shape index (κ2) is 15.0. The van der Waals surface area contributed by atoms with Crippen molar-refractivity contribution in [2.24, 2.45) is 7.05 Å². The molecule has 0 amide bonds. The van der Waals surface area contributed by atoms with E-state index in [1.54, 1.807) is 0 Å². The van der Waals surface area contributed by atoms with Gasteiger partial charge in [-0.3, -0.25) is 0 Å². The normalized spacial score (nSPS) is 10.8. The number of hydrogen-bond donors (Lipinski definition) is 0. The Morgan fingerprint density at radius 3 is 2.31 bits per heavy atom. The van der Waals surface area contributed by atoms with E-state index >= 15 is 0 Å². The van der Waals surface area contributed by atoms with Crippen molar-refractivity contribution in [3.8, 4) is 28.2 Å². The maximum Gasteiger partial charge on any atom is 0.212 e. The molecule has 2 aromatic heterocycles. The van der Waals surface area contributed by atoms with Crippen LogP contribution in [0.3, 0.4) is 0 Å². The van der Waals surface area contributed by atoms with Crippen LogP contribution in [0.25, 0.3) is 33.8 Å². The van der Waals surface area contributed by atoms with Gasteiger partial charge in [0.1, 0.15) is 12.7 Å². The largest absolute Gasteiger partial charge is 0.220 e. The molecule has 0 radical (unpaired) electrons. The van der Waals surface area contributed by atoms with Crippen LogP contribution < -0.4 is 4.57 Å². The van der Waals surface area contributed by atoms with Gasteiger partial charge in [-0.1, -0.05) is 87.2 Å². The SMILES string of the molecule is C=C/C(=C\C)c1ccc(-c2cn(-c3cccc(-c4cccc[n+]4C)c3)nn2)cc1.CC.CC=CCC. The number of benzene rings is 2. The minimum atomic E-state index is 0.841. The Morgan fingerprint density at radius 2 is 1.72 bits per heavy atom. The molecule has 0 fully saturated rings. The first kappa shape index (κ1) is 28.2. The summed E-state index contributed by atoms with van der Waals surface area (Å²) in [4.78, 5) is 0. The Balaban J connectivity index is 0.000000583. The third-order valence-electron chi connectivity index (χ3n) is 5.47. The highest BCUT2D eigenvalue weighted by Crippen LogP contribution is 2.23. The summed E-state index contributed by atoms with van der Waals surface area (Å²) in [6.45, 7) is 14.0. The summed E-state index contributed by atoms with van der Waals surface area (Å²) in [7, 11) is 2.05. The summed E-state index contributed by atoms with van der Waals surface area (Å²) in [5.41, 5.74) is 7.39. The molecule has 4 nitrogen and oxygen atoms in total. The van der Waals surface area contributed by atoms with Crippen LogP contribution in [0.5, 0.6) is 0 Å². The van der Waals surface area contributed by atoms with Gasteiger partial charge in [0.05, 0.1) is 11.9 Å². The number of pyridine rings is 1. The van der Waals surface area contributed by atoms with E-state index in [1.807, 2.05) is 82.2 Å². The molecule has 2 heterocycles. The van der Waals surface area contributed by atoms with E-state index in [1.165, 1.54) is 0 Å². The molecule has 0 spiro atoms. The highest BCUT2D eigenvalue weighted by Gasteiger charge is 2.11. The van der Waals surface area contributed by atoms with E-state index in [-0.39, 0.29) is 0 Å². The molecule has 0 aliphatic heterocycles. The number of aryl methyl sites for hydroxylation is 1. The fourth-order valence-corrected chi connectivity index (χ4v) is 3.62. The van der Waals surface area contributed by atoms with Crippen LogP contribution in [-0.2, 0) is 7.05 Å². The van der Waals surface area contributed by atoms with Crippen LogP contribution in [0, 0.1) is 0 Å². The Bertz CT molecular complexity index is 1280. The molecular weight excluding hydrogens is 440 g/mol. The molecule has 4 heteroatoms. The zero-order chi connectivity index (χ0) is 26.3. The number of allylic oxidation sites excluding steroid dienone is 5. The summed E-state index contributed by atoms with van der Waals surface area (Å²) in [5.74, 6) is 0. The lowest BCUT2D eigenvalue weighted by Gasteiger charge is -2.04. The maximum absolute atomic E-state index is 4.37. The van der Waals surface area contributed by atoms with Gasteiger partial charge in [-0.25, -0.2) is 9.25 Å². The second-order valence-corrected chi connectivity index (χ2v) is 7.80. The molecule has 4 aromatic rings. The quantitative estimate of drug-likeness (QED) is 0.159. The van der Waals surface area contributed by atoms with Crippen LogP contribution in [0.4, 0.5) is 0 Å². The van der Waals surface area contributed by atoms with Crippen molar-refractivity contribution in [3.63, 3.8) is 0 Å². The molecule has 0 N–H and O–H groups in total. The summed E-state index contributed by atoms with van der Waals surface area (Å²) >= 11 is 0. The van der Waals surface area contributed by atoms with Crippen molar-refractivity contribution in [3.05, 3.63) is 116 Å². The fraction of sp³-hybridized carbons (Fsp3) is 0.219. The lowest BCUT2D eigenvalue weighted by molar-refractivity contribution is -0.660. The molecular formula is C32H39N4+. The number of nitrogens with zero attached hydrogens (tertiary/aromatic N) is 4. The summed E-state index contributed by atoms with van der Waals surface area (Å²) < 4.78 is 3.92. The average Bonchev–Trinajstić information content (AvgIpc) is 3.43.